The Morgan fingerprint density at radius 1 is 0.971 bits per heavy atom. The number of ether oxygens (including phenoxy) is 3. The molecule has 0 fully saturated rings. The molecular weight excluding hydrogens is 440 g/mol. The van der Waals surface area contributed by atoms with Gasteiger partial charge in [-0.2, -0.15) is 0 Å². The van der Waals surface area contributed by atoms with Crippen LogP contribution in [0.5, 0.6) is 0 Å². The van der Waals surface area contributed by atoms with Gasteiger partial charge in [-0.3, -0.25) is 9.59 Å². The normalized spacial score (nSPS) is 11.2. The lowest BCUT2D eigenvalue weighted by atomic mass is 10.0. The number of carbonyl (C=O) groups is 4. The van der Waals surface area contributed by atoms with Crippen LogP contribution in [0.4, 0.5) is 4.79 Å². The van der Waals surface area contributed by atoms with Gasteiger partial charge in [0.05, 0.1) is 19.2 Å². The number of nitrogens with one attached hydrogen (secondary N) is 2. The summed E-state index contributed by atoms with van der Waals surface area (Å²) in [5.41, 5.74) is 1.06. The fraction of sp³-hybridized carbons (Fsp3) is 0.600. The Morgan fingerprint density at radius 2 is 1.56 bits per heavy atom. The second kappa shape index (κ2) is 17.5. The number of carbonyl (C=O) groups excluding carboxylic acids is 4. The molecule has 2 amide bonds. The number of esters is 1. The number of alkyl carbamates (subject to hydrolysis) is 1. The molecule has 0 aliphatic heterocycles. The van der Waals surface area contributed by atoms with Crippen LogP contribution in [-0.2, 0) is 30.4 Å². The zero-order valence-electron chi connectivity index (χ0n) is 21.4. The monoisotopic (exact) mass is 480 g/mol. The second-order valence-electron chi connectivity index (χ2n) is 8.72. The molecule has 0 aliphatic rings. The average Bonchev–Trinajstić information content (AvgIpc) is 2.78. The van der Waals surface area contributed by atoms with E-state index in [2.05, 4.69) is 36.1 Å². The number of rotatable bonds is 12. The van der Waals surface area contributed by atoms with Crippen LogP contribution < -0.4 is 10.6 Å². The van der Waals surface area contributed by atoms with Crippen LogP contribution in [-0.4, -0.2) is 56.7 Å². The van der Waals surface area contributed by atoms with E-state index in [1.165, 1.54) is 7.11 Å². The van der Waals surface area contributed by atoms with E-state index >= 15 is 0 Å². The van der Waals surface area contributed by atoms with Gasteiger partial charge in [0.15, 0.2) is 5.78 Å². The molecule has 0 saturated heterocycles. The molecule has 0 saturated carbocycles. The second-order valence-corrected chi connectivity index (χ2v) is 8.72. The van der Waals surface area contributed by atoms with Crippen molar-refractivity contribution < 1.29 is 33.4 Å². The Balaban J connectivity index is 0.00000251. The van der Waals surface area contributed by atoms with Gasteiger partial charge in [0.2, 0.25) is 5.91 Å². The van der Waals surface area contributed by atoms with E-state index in [1.54, 1.807) is 31.2 Å². The molecule has 9 heteroatoms. The molecule has 1 rings (SSSR count). The van der Waals surface area contributed by atoms with Gasteiger partial charge in [-0.25, -0.2) is 9.59 Å². The summed E-state index contributed by atoms with van der Waals surface area (Å²) in [6.45, 7) is 12.2. The lowest BCUT2D eigenvalue weighted by molar-refractivity contribution is -0.128. The van der Waals surface area contributed by atoms with Crippen LogP contribution in [0.2, 0.25) is 0 Å². The standard InChI is InChI=1S/C21H30N2O7.C4H10/c1-5-29-13-17(24)11-22-19(25)18(10-14(2)3)23-21(27)30-12-15-6-8-16(9-7-15)20(26)28-4;1-4(2)3/h6-9,14,18H,5,10-13H2,1-4H3,(H,22,25)(H,23,27);4H,1-3H3. The van der Waals surface area contributed by atoms with Crippen LogP contribution >= 0.6 is 0 Å². The zero-order chi connectivity index (χ0) is 26.1. The lowest BCUT2D eigenvalue weighted by Gasteiger charge is -2.20. The van der Waals surface area contributed by atoms with Crippen molar-refractivity contribution in [2.45, 2.75) is 60.6 Å². The van der Waals surface area contributed by atoms with Crippen LogP contribution in [0.25, 0.3) is 0 Å². The highest BCUT2D eigenvalue weighted by atomic mass is 16.5. The third kappa shape index (κ3) is 15.0. The number of amides is 2. The van der Waals surface area contributed by atoms with Crippen molar-refractivity contribution in [3.05, 3.63) is 35.4 Å². The van der Waals surface area contributed by atoms with E-state index < -0.39 is 24.0 Å². The Bertz CT molecular complexity index is 758. The van der Waals surface area contributed by atoms with E-state index in [4.69, 9.17) is 9.47 Å². The highest BCUT2D eigenvalue weighted by molar-refractivity contribution is 5.90. The number of hydrogen-bond donors (Lipinski definition) is 2. The SMILES string of the molecule is CC(C)C.CCOCC(=O)CNC(=O)C(CC(C)C)NC(=O)OCc1ccc(C(=O)OC)cc1. The number of hydrogen-bond acceptors (Lipinski definition) is 7. The fourth-order valence-corrected chi connectivity index (χ4v) is 2.47. The fourth-order valence-electron chi connectivity index (χ4n) is 2.47. The van der Waals surface area contributed by atoms with Gasteiger partial charge >= 0.3 is 12.1 Å². The Morgan fingerprint density at radius 3 is 2.06 bits per heavy atom. The minimum Gasteiger partial charge on any atom is -0.465 e. The van der Waals surface area contributed by atoms with Gasteiger partial charge < -0.3 is 24.8 Å². The van der Waals surface area contributed by atoms with E-state index in [0.29, 0.717) is 24.2 Å². The highest BCUT2D eigenvalue weighted by Gasteiger charge is 2.23. The predicted molar refractivity (Wildman–Crippen MR) is 129 cm³/mol. The van der Waals surface area contributed by atoms with Crippen LogP contribution in [0, 0.1) is 11.8 Å². The first-order valence-corrected chi connectivity index (χ1v) is 11.5. The number of ketones is 1. The maximum absolute atomic E-state index is 12.4. The van der Waals surface area contributed by atoms with E-state index in [0.717, 1.165) is 5.92 Å². The van der Waals surface area contributed by atoms with Gasteiger partial charge in [-0.15, -0.1) is 0 Å². The summed E-state index contributed by atoms with van der Waals surface area (Å²) in [5.74, 6) is -0.215. The molecule has 0 aromatic heterocycles. The molecule has 0 heterocycles. The summed E-state index contributed by atoms with van der Waals surface area (Å²) in [6, 6.07) is 5.58. The van der Waals surface area contributed by atoms with Gasteiger partial charge in [0.25, 0.3) is 0 Å². The van der Waals surface area contributed by atoms with Crippen molar-refractivity contribution in [3.63, 3.8) is 0 Å². The molecule has 0 aliphatic carbocycles. The summed E-state index contributed by atoms with van der Waals surface area (Å²) in [6.07, 6.45) is -0.373. The molecule has 9 nitrogen and oxygen atoms in total. The minimum absolute atomic E-state index is 0.0316. The summed E-state index contributed by atoms with van der Waals surface area (Å²) in [5, 5.41) is 5.05. The molecule has 2 N–H and O–H groups in total. The van der Waals surface area contributed by atoms with E-state index in [9.17, 15) is 19.2 Å². The van der Waals surface area contributed by atoms with Gasteiger partial charge in [-0.05, 0) is 42.9 Å². The van der Waals surface area contributed by atoms with Gasteiger partial charge in [0, 0.05) is 6.61 Å². The Labute approximate surface area is 202 Å². The third-order valence-corrected chi connectivity index (χ3v) is 3.99. The minimum atomic E-state index is -0.834. The van der Waals surface area contributed by atoms with Crippen LogP contribution in [0.1, 0.15) is 63.9 Å². The first-order chi connectivity index (χ1) is 16.0. The van der Waals surface area contributed by atoms with Crippen molar-refractivity contribution in [1.29, 1.82) is 0 Å². The van der Waals surface area contributed by atoms with Crippen molar-refractivity contribution in [2.75, 3.05) is 26.9 Å². The van der Waals surface area contributed by atoms with Gasteiger partial charge in [-0.1, -0.05) is 46.8 Å². The number of Topliss-reactive ketones (excluding diaryl/α,β-unsaturated/α-hetero) is 1. The average molecular weight is 481 g/mol. The van der Waals surface area contributed by atoms with Crippen molar-refractivity contribution in [2.24, 2.45) is 11.8 Å². The highest BCUT2D eigenvalue weighted by Crippen LogP contribution is 2.08. The number of benzene rings is 1. The van der Waals surface area contributed by atoms with Crippen molar-refractivity contribution in [3.8, 4) is 0 Å². The summed E-state index contributed by atoms with van der Waals surface area (Å²) in [7, 11) is 1.29. The topological polar surface area (TPSA) is 120 Å². The first kappa shape index (κ1) is 31.1. The molecule has 1 aromatic carbocycles. The third-order valence-electron chi connectivity index (χ3n) is 3.99. The van der Waals surface area contributed by atoms with Gasteiger partial charge in [0.1, 0.15) is 19.3 Å². The molecule has 0 spiro atoms. The van der Waals surface area contributed by atoms with Crippen LogP contribution in [0.3, 0.4) is 0 Å². The maximum Gasteiger partial charge on any atom is 0.408 e. The van der Waals surface area contributed by atoms with E-state index in [1.807, 2.05) is 13.8 Å². The summed E-state index contributed by atoms with van der Waals surface area (Å²) >= 11 is 0. The molecule has 0 radical (unpaired) electrons. The zero-order valence-corrected chi connectivity index (χ0v) is 21.4. The largest absolute Gasteiger partial charge is 0.465 e. The Hall–Kier alpha value is -2.94. The molecule has 0 bridgehead atoms. The predicted octanol–water partition coefficient (Wildman–Crippen LogP) is 3.50. The molecule has 1 atom stereocenters. The molecule has 34 heavy (non-hydrogen) atoms. The van der Waals surface area contributed by atoms with E-state index in [-0.39, 0.29) is 31.5 Å². The van der Waals surface area contributed by atoms with Crippen molar-refractivity contribution in [1.82, 2.24) is 10.6 Å². The molecule has 1 unspecified atom stereocenters. The van der Waals surface area contributed by atoms with Crippen molar-refractivity contribution >= 4 is 23.8 Å². The first-order valence-electron chi connectivity index (χ1n) is 11.5. The Kier molecular flexibility index (Phi) is 16.0. The maximum atomic E-state index is 12.4. The number of methoxy groups -OCH3 is 1. The molecular formula is C25H40N2O7. The quantitative estimate of drug-likeness (QED) is 0.439. The summed E-state index contributed by atoms with van der Waals surface area (Å²) in [4.78, 5) is 47.6. The molecule has 1 aromatic rings. The molecule has 192 valence electrons. The summed E-state index contributed by atoms with van der Waals surface area (Å²) < 4.78 is 14.8. The lowest BCUT2D eigenvalue weighted by Crippen LogP contribution is -2.48. The van der Waals surface area contributed by atoms with Crippen LogP contribution in [0.15, 0.2) is 24.3 Å². The smallest absolute Gasteiger partial charge is 0.408 e.